The van der Waals surface area contributed by atoms with Crippen molar-refractivity contribution in [3.05, 3.63) is 63.6 Å². The molecular weight excluding hydrogens is 452 g/mol. The Morgan fingerprint density at radius 1 is 1.23 bits per heavy atom. The second-order valence-corrected chi connectivity index (χ2v) is 6.96. The first-order valence-corrected chi connectivity index (χ1v) is 9.98. The predicted molar refractivity (Wildman–Crippen MR) is 115 cm³/mol. The number of carboxylic acids is 1. The molecule has 2 aromatic carbocycles. The van der Waals surface area contributed by atoms with Crippen LogP contribution in [0, 0.1) is 11.3 Å². The standard InChI is InChI=1S/C22H21BrN2O5/c1-2-29-19-12-16(11-18(23)21(19)30-14-20(26)27)10-17(13-24)22(28)25-9-8-15-6-4-3-5-7-15/h3-7,10-12H,2,8-9,14H2,1H3,(H,25,28)(H,26,27)/b17-10+. The highest BCUT2D eigenvalue weighted by Crippen LogP contribution is 2.37. The molecule has 8 heteroatoms. The van der Waals surface area contributed by atoms with Gasteiger partial charge in [0.25, 0.3) is 5.91 Å². The number of rotatable bonds is 10. The molecule has 0 saturated carbocycles. The highest BCUT2D eigenvalue weighted by Gasteiger charge is 2.15. The van der Waals surface area contributed by atoms with Crippen molar-refractivity contribution < 1.29 is 24.2 Å². The van der Waals surface area contributed by atoms with Crippen molar-refractivity contribution in [2.45, 2.75) is 13.3 Å². The van der Waals surface area contributed by atoms with E-state index >= 15 is 0 Å². The van der Waals surface area contributed by atoms with Crippen molar-refractivity contribution in [3.63, 3.8) is 0 Å². The maximum atomic E-state index is 12.4. The van der Waals surface area contributed by atoms with Crippen LogP contribution in [-0.2, 0) is 16.0 Å². The summed E-state index contributed by atoms with van der Waals surface area (Å²) in [6, 6.07) is 14.8. The van der Waals surface area contributed by atoms with E-state index in [1.54, 1.807) is 19.1 Å². The summed E-state index contributed by atoms with van der Waals surface area (Å²) < 4.78 is 11.2. The maximum absolute atomic E-state index is 12.4. The highest BCUT2D eigenvalue weighted by atomic mass is 79.9. The van der Waals surface area contributed by atoms with E-state index in [-0.39, 0.29) is 11.3 Å². The van der Waals surface area contributed by atoms with Crippen LogP contribution in [0.3, 0.4) is 0 Å². The number of carbonyl (C=O) groups is 2. The summed E-state index contributed by atoms with van der Waals surface area (Å²) in [5, 5.41) is 21.0. The lowest BCUT2D eigenvalue weighted by atomic mass is 10.1. The van der Waals surface area contributed by atoms with Gasteiger partial charge in [0.05, 0.1) is 11.1 Å². The molecule has 2 aromatic rings. The molecule has 0 saturated heterocycles. The zero-order chi connectivity index (χ0) is 21.9. The molecule has 0 fully saturated rings. The largest absolute Gasteiger partial charge is 0.490 e. The number of hydrogen-bond acceptors (Lipinski definition) is 5. The second-order valence-electron chi connectivity index (χ2n) is 6.11. The van der Waals surface area contributed by atoms with Gasteiger partial charge in [-0.05, 0) is 58.6 Å². The number of nitrogens with zero attached hydrogens (tertiary/aromatic N) is 1. The Hall–Kier alpha value is -3.31. The van der Waals surface area contributed by atoms with Crippen molar-refractivity contribution >= 4 is 33.9 Å². The van der Waals surface area contributed by atoms with E-state index in [1.165, 1.54) is 6.08 Å². The van der Waals surface area contributed by atoms with Gasteiger partial charge in [0.1, 0.15) is 11.6 Å². The Morgan fingerprint density at radius 2 is 1.97 bits per heavy atom. The monoisotopic (exact) mass is 472 g/mol. The Morgan fingerprint density at radius 3 is 2.60 bits per heavy atom. The lowest BCUT2D eigenvalue weighted by molar-refractivity contribution is -0.139. The number of hydrogen-bond donors (Lipinski definition) is 2. The van der Waals surface area contributed by atoms with Crippen LogP contribution in [0.1, 0.15) is 18.1 Å². The Balaban J connectivity index is 2.15. The molecule has 0 heterocycles. The van der Waals surface area contributed by atoms with Crippen molar-refractivity contribution in [2.75, 3.05) is 19.8 Å². The van der Waals surface area contributed by atoms with Crippen LogP contribution < -0.4 is 14.8 Å². The summed E-state index contributed by atoms with van der Waals surface area (Å²) in [6.45, 7) is 1.98. The predicted octanol–water partition coefficient (Wildman–Crippen LogP) is 3.58. The maximum Gasteiger partial charge on any atom is 0.341 e. The van der Waals surface area contributed by atoms with Crippen LogP contribution in [0.15, 0.2) is 52.5 Å². The first-order chi connectivity index (χ1) is 14.4. The van der Waals surface area contributed by atoms with Gasteiger partial charge in [-0.3, -0.25) is 4.79 Å². The van der Waals surface area contributed by atoms with Crippen LogP contribution >= 0.6 is 15.9 Å². The second kappa shape index (κ2) is 11.6. The van der Waals surface area contributed by atoms with E-state index in [1.807, 2.05) is 36.4 Å². The summed E-state index contributed by atoms with van der Waals surface area (Å²) in [5.74, 6) is -1.05. The van der Waals surface area contributed by atoms with Crippen LogP contribution in [0.5, 0.6) is 11.5 Å². The molecular formula is C22H21BrN2O5. The van der Waals surface area contributed by atoms with E-state index < -0.39 is 18.5 Å². The molecule has 7 nitrogen and oxygen atoms in total. The van der Waals surface area contributed by atoms with Gasteiger partial charge < -0.3 is 19.9 Å². The number of carboxylic acid groups (broad SMARTS) is 1. The first-order valence-electron chi connectivity index (χ1n) is 9.19. The number of aliphatic carboxylic acids is 1. The lowest BCUT2D eigenvalue weighted by Crippen LogP contribution is -2.26. The van der Waals surface area contributed by atoms with Crippen molar-refractivity contribution in [2.24, 2.45) is 0 Å². The van der Waals surface area contributed by atoms with Gasteiger partial charge in [-0.2, -0.15) is 5.26 Å². The van der Waals surface area contributed by atoms with E-state index in [4.69, 9.17) is 14.6 Å². The summed E-state index contributed by atoms with van der Waals surface area (Å²) >= 11 is 3.32. The van der Waals surface area contributed by atoms with Crippen LogP contribution in [0.2, 0.25) is 0 Å². The molecule has 0 aromatic heterocycles. The Labute approximate surface area is 183 Å². The smallest absolute Gasteiger partial charge is 0.341 e. The topological polar surface area (TPSA) is 109 Å². The van der Waals surface area contributed by atoms with E-state index in [0.717, 1.165) is 5.56 Å². The van der Waals surface area contributed by atoms with Crippen LogP contribution in [0.25, 0.3) is 6.08 Å². The molecule has 0 radical (unpaired) electrons. The third-order valence-electron chi connectivity index (χ3n) is 3.89. The van der Waals surface area contributed by atoms with Crippen LogP contribution in [-0.4, -0.2) is 36.7 Å². The average molecular weight is 473 g/mol. The molecule has 0 aliphatic heterocycles. The molecule has 30 heavy (non-hydrogen) atoms. The molecule has 0 unspecified atom stereocenters. The third-order valence-corrected chi connectivity index (χ3v) is 4.48. The molecule has 2 rings (SSSR count). The minimum atomic E-state index is -1.12. The average Bonchev–Trinajstić information content (AvgIpc) is 2.72. The quantitative estimate of drug-likeness (QED) is 0.404. The van der Waals surface area contributed by atoms with E-state index in [2.05, 4.69) is 21.2 Å². The van der Waals surface area contributed by atoms with Gasteiger partial charge in [-0.25, -0.2) is 4.79 Å². The Kier molecular flexibility index (Phi) is 8.91. The van der Waals surface area contributed by atoms with Gasteiger partial charge in [0.15, 0.2) is 18.1 Å². The molecule has 0 aliphatic carbocycles. The van der Waals surface area contributed by atoms with E-state index in [9.17, 15) is 14.9 Å². The van der Waals surface area contributed by atoms with Gasteiger partial charge in [-0.15, -0.1) is 0 Å². The summed E-state index contributed by atoms with van der Waals surface area (Å²) in [4.78, 5) is 23.2. The zero-order valence-corrected chi connectivity index (χ0v) is 17.9. The van der Waals surface area contributed by atoms with Gasteiger partial charge in [0.2, 0.25) is 0 Å². The van der Waals surface area contributed by atoms with Crippen molar-refractivity contribution in [1.82, 2.24) is 5.32 Å². The van der Waals surface area contributed by atoms with Gasteiger partial charge in [-0.1, -0.05) is 30.3 Å². The van der Waals surface area contributed by atoms with Crippen molar-refractivity contribution in [1.29, 1.82) is 5.26 Å². The molecule has 0 bridgehead atoms. The highest BCUT2D eigenvalue weighted by molar-refractivity contribution is 9.10. The fourth-order valence-electron chi connectivity index (χ4n) is 2.58. The van der Waals surface area contributed by atoms with Gasteiger partial charge >= 0.3 is 5.97 Å². The molecule has 0 spiro atoms. The summed E-state index contributed by atoms with van der Waals surface area (Å²) in [7, 11) is 0. The summed E-state index contributed by atoms with van der Waals surface area (Å²) in [5.41, 5.74) is 1.56. The first kappa shape index (κ1) is 23.0. The number of ether oxygens (including phenoxy) is 2. The number of nitriles is 1. The fourth-order valence-corrected chi connectivity index (χ4v) is 3.16. The van der Waals surface area contributed by atoms with Crippen LogP contribution in [0.4, 0.5) is 0 Å². The SMILES string of the molecule is CCOc1cc(/C=C(\C#N)C(=O)NCCc2ccccc2)cc(Br)c1OCC(=O)O. The van der Waals surface area contributed by atoms with Crippen molar-refractivity contribution in [3.8, 4) is 17.6 Å². The minimum absolute atomic E-state index is 0.0587. The lowest BCUT2D eigenvalue weighted by Gasteiger charge is -2.13. The summed E-state index contributed by atoms with van der Waals surface area (Å²) in [6.07, 6.45) is 2.09. The van der Waals surface area contributed by atoms with Gasteiger partial charge in [0, 0.05) is 6.54 Å². The number of amides is 1. The Bertz CT molecular complexity index is 967. The number of carbonyl (C=O) groups excluding carboxylic acids is 1. The minimum Gasteiger partial charge on any atom is -0.490 e. The normalized spacial score (nSPS) is 10.8. The molecule has 156 valence electrons. The number of benzene rings is 2. The molecule has 1 amide bonds. The molecule has 0 atom stereocenters. The molecule has 2 N–H and O–H groups in total. The number of halogens is 1. The third kappa shape index (κ3) is 6.94. The number of nitrogens with one attached hydrogen (secondary N) is 1. The zero-order valence-electron chi connectivity index (χ0n) is 16.4. The van der Waals surface area contributed by atoms with E-state index in [0.29, 0.717) is 35.4 Å². The molecule has 0 aliphatic rings. The fraction of sp³-hybridized carbons (Fsp3) is 0.227.